The standard InChI is InChI=1S/C21H24ClN3O3S/c1-12-8-16(22)5-7-18(12)25-14(3)21(13(2)24-25)15-4-6-17(9-15)23-19(26)10-29-11-20(27)28/h4-8,15,17H,9-11H2,1-3H3,(H,23,26)(H,27,28). The monoisotopic (exact) mass is 433 g/mol. The fourth-order valence-corrected chi connectivity index (χ4v) is 4.55. The van der Waals surface area contributed by atoms with E-state index >= 15 is 0 Å². The molecule has 1 aliphatic rings. The zero-order chi connectivity index (χ0) is 21.1. The highest BCUT2D eigenvalue weighted by molar-refractivity contribution is 8.00. The summed E-state index contributed by atoms with van der Waals surface area (Å²) in [5.74, 6) is -0.811. The number of carboxylic acids is 1. The van der Waals surface area contributed by atoms with Crippen molar-refractivity contribution in [2.75, 3.05) is 11.5 Å². The van der Waals surface area contributed by atoms with Crippen LogP contribution in [0.3, 0.4) is 0 Å². The van der Waals surface area contributed by atoms with Crippen LogP contribution in [0.2, 0.25) is 5.02 Å². The van der Waals surface area contributed by atoms with E-state index in [1.165, 1.54) is 5.56 Å². The number of aliphatic carboxylic acids is 1. The van der Waals surface area contributed by atoms with Crippen molar-refractivity contribution in [2.24, 2.45) is 0 Å². The van der Waals surface area contributed by atoms with Gasteiger partial charge in [0.1, 0.15) is 0 Å². The van der Waals surface area contributed by atoms with Gasteiger partial charge in [0.15, 0.2) is 0 Å². The van der Waals surface area contributed by atoms with Gasteiger partial charge in [-0.15, -0.1) is 11.8 Å². The van der Waals surface area contributed by atoms with Crippen molar-refractivity contribution in [3.63, 3.8) is 0 Å². The molecule has 0 aliphatic heterocycles. The molecule has 6 nitrogen and oxygen atoms in total. The summed E-state index contributed by atoms with van der Waals surface area (Å²) in [6.45, 7) is 6.08. The second-order valence-corrected chi connectivity index (χ2v) is 8.64. The minimum atomic E-state index is -0.914. The van der Waals surface area contributed by atoms with E-state index in [1.807, 2.05) is 42.8 Å². The molecule has 0 bridgehead atoms. The lowest BCUT2D eigenvalue weighted by Crippen LogP contribution is -2.34. The van der Waals surface area contributed by atoms with E-state index in [-0.39, 0.29) is 29.4 Å². The van der Waals surface area contributed by atoms with Crippen molar-refractivity contribution in [3.05, 3.63) is 57.9 Å². The van der Waals surface area contributed by atoms with E-state index in [2.05, 4.69) is 18.3 Å². The molecule has 2 atom stereocenters. The first kappa shape index (κ1) is 21.5. The average molecular weight is 434 g/mol. The Bertz CT molecular complexity index is 970. The van der Waals surface area contributed by atoms with Crippen LogP contribution in [0, 0.1) is 20.8 Å². The third-order valence-corrected chi connectivity index (χ3v) is 6.15. The summed E-state index contributed by atoms with van der Waals surface area (Å²) < 4.78 is 1.96. The van der Waals surface area contributed by atoms with Gasteiger partial charge < -0.3 is 10.4 Å². The largest absolute Gasteiger partial charge is 0.481 e. The second kappa shape index (κ2) is 9.05. The number of hydrogen-bond donors (Lipinski definition) is 2. The maximum atomic E-state index is 12.0. The zero-order valence-electron chi connectivity index (χ0n) is 16.6. The molecule has 2 aromatic rings. The summed E-state index contributed by atoms with van der Waals surface area (Å²) in [6, 6.07) is 5.71. The van der Waals surface area contributed by atoms with Crippen molar-refractivity contribution in [2.45, 2.75) is 39.2 Å². The van der Waals surface area contributed by atoms with Gasteiger partial charge in [0, 0.05) is 28.2 Å². The molecule has 1 aliphatic carbocycles. The Morgan fingerprint density at radius 1 is 1.28 bits per heavy atom. The maximum Gasteiger partial charge on any atom is 0.313 e. The van der Waals surface area contributed by atoms with Gasteiger partial charge in [-0.05, 0) is 51.0 Å². The maximum absolute atomic E-state index is 12.0. The van der Waals surface area contributed by atoms with Gasteiger partial charge in [0.25, 0.3) is 0 Å². The van der Waals surface area contributed by atoms with Crippen LogP contribution in [-0.2, 0) is 9.59 Å². The lowest BCUT2D eigenvalue weighted by Gasteiger charge is -2.15. The molecule has 1 amide bonds. The number of aryl methyl sites for hydroxylation is 2. The van der Waals surface area contributed by atoms with Gasteiger partial charge >= 0.3 is 5.97 Å². The molecule has 0 saturated carbocycles. The number of nitrogens with zero attached hydrogens (tertiary/aromatic N) is 2. The number of aromatic nitrogens is 2. The Balaban J connectivity index is 1.69. The van der Waals surface area contributed by atoms with E-state index < -0.39 is 5.97 Å². The molecule has 154 valence electrons. The number of rotatable bonds is 7. The first-order valence-corrected chi connectivity index (χ1v) is 10.9. The molecule has 3 rings (SSSR count). The van der Waals surface area contributed by atoms with Crippen LogP contribution in [0.5, 0.6) is 0 Å². The lowest BCUT2D eigenvalue weighted by atomic mass is 9.96. The van der Waals surface area contributed by atoms with E-state index in [4.69, 9.17) is 21.8 Å². The summed E-state index contributed by atoms with van der Waals surface area (Å²) in [5, 5.41) is 17.1. The molecule has 0 saturated heterocycles. The van der Waals surface area contributed by atoms with Gasteiger partial charge in [0.05, 0.1) is 22.9 Å². The molecular formula is C21H24ClN3O3S. The van der Waals surface area contributed by atoms with Gasteiger partial charge in [-0.25, -0.2) is 4.68 Å². The minimum absolute atomic E-state index is 0.0580. The topological polar surface area (TPSA) is 84.2 Å². The highest BCUT2D eigenvalue weighted by Crippen LogP contribution is 2.34. The third-order valence-electron chi connectivity index (χ3n) is 4.99. The van der Waals surface area contributed by atoms with E-state index in [1.54, 1.807) is 0 Å². The number of benzene rings is 1. The highest BCUT2D eigenvalue weighted by Gasteiger charge is 2.27. The number of carbonyl (C=O) groups is 2. The number of hydrogen-bond acceptors (Lipinski definition) is 4. The van der Waals surface area contributed by atoms with Crippen molar-refractivity contribution >= 4 is 35.2 Å². The number of carboxylic acid groups (broad SMARTS) is 1. The van der Waals surface area contributed by atoms with Crippen LogP contribution in [-0.4, -0.2) is 44.3 Å². The summed E-state index contributed by atoms with van der Waals surface area (Å²) in [6.07, 6.45) is 4.89. The molecule has 8 heteroatoms. The quantitative estimate of drug-likeness (QED) is 0.649. The molecule has 0 spiro atoms. The van der Waals surface area contributed by atoms with Crippen molar-refractivity contribution < 1.29 is 14.7 Å². The fraction of sp³-hybridized carbons (Fsp3) is 0.381. The summed E-state index contributed by atoms with van der Waals surface area (Å²) >= 11 is 7.18. The SMILES string of the molecule is Cc1cc(Cl)ccc1-n1nc(C)c(C2C=CC(NC(=O)CSCC(=O)O)C2)c1C. The Morgan fingerprint density at radius 2 is 2.03 bits per heavy atom. The lowest BCUT2D eigenvalue weighted by molar-refractivity contribution is -0.133. The van der Waals surface area contributed by atoms with Crippen LogP contribution in [0.1, 0.15) is 34.9 Å². The number of allylic oxidation sites excluding steroid dienone is 1. The first-order chi connectivity index (χ1) is 13.8. The van der Waals surface area contributed by atoms with Crippen molar-refractivity contribution in [1.82, 2.24) is 15.1 Å². The van der Waals surface area contributed by atoms with Crippen LogP contribution >= 0.6 is 23.4 Å². The predicted octanol–water partition coefficient (Wildman–Crippen LogP) is 3.80. The molecule has 1 aromatic heterocycles. The summed E-state index contributed by atoms with van der Waals surface area (Å²) in [4.78, 5) is 22.6. The Labute approximate surface area is 179 Å². The Morgan fingerprint density at radius 3 is 2.72 bits per heavy atom. The third kappa shape index (κ3) is 5.03. The molecule has 0 fully saturated rings. The zero-order valence-corrected chi connectivity index (χ0v) is 18.2. The predicted molar refractivity (Wildman–Crippen MR) is 116 cm³/mol. The molecule has 2 N–H and O–H groups in total. The van der Waals surface area contributed by atoms with Crippen LogP contribution < -0.4 is 5.32 Å². The molecule has 1 aromatic carbocycles. The smallest absolute Gasteiger partial charge is 0.313 e. The average Bonchev–Trinajstić information content (AvgIpc) is 3.18. The molecule has 29 heavy (non-hydrogen) atoms. The summed E-state index contributed by atoms with van der Waals surface area (Å²) in [5.41, 5.74) is 5.28. The molecule has 0 radical (unpaired) electrons. The van der Waals surface area contributed by atoms with E-state index in [9.17, 15) is 9.59 Å². The van der Waals surface area contributed by atoms with Gasteiger partial charge in [-0.2, -0.15) is 5.10 Å². The number of carbonyl (C=O) groups excluding carboxylic acids is 1. The highest BCUT2D eigenvalue weighted by atomic mass is 35.5. The van der Waals surface area contributed by atoms with E-state index in [0.717, 1.165) is 40.8 Å². The fourth-order valence-electron chi connectivity index (χ4n) is 3.78. The molecule has 2 unspecified atom stereocenters. The van der Waals surface area contributed by atoms with Crippen LogP contribution in [0.15, 0.2) is 30.4 Å². The van der Waals surface area contributed by atoms with E-state index in [0.29, 0.717) is 5.02 Å². The number of amides is 1. The first-order valence-electron chi connectivity index (χ1n) is 9.36. The van der Waals surface area contributed by atoms with Crippen LogP contribution in [0.25, 0.3) is 5.69 Å². The van der Waals surface area contributed by atoms with Gasteiger partial charge in [0.2, 0.25) is 5.91 Å². The van der Waals surface area contributed by atoms with Crippen molar-refractivity contribution in [3.8, 4) is 5.69 Å². The van der Waals surface area contributed by atoms with Crippen molar-refractivity contribution in [1.29, 1.82) is 0 Å². The number of thioether (sulfide) groups is 1. The van der Waals surface area contributed by atoms with Gasteiger partial charge in [-0.3, -0.25) is 9.59 Å². The number of halogens is 1. The Hall–Kier alpha value is -2.25. The summed E-state index contributed by atoms with van der Waals surface area (Å²) in [7, 11) is 0. The second-order valence-electron chi connectivity index (χ2n) is 7.21. The van der Waals surface area contributed by atoms with Gasteiger partial charge in [-0.1, -0.05) is 23.8 Å². The Kier molecular flexibility index (Phi) is 6.70. The molecule has 1 heterocycles. The van der Waals surface area contributed by atoms with Crippen LogP contribution in [0.4, 0.5) is 0 Å². The number of nitrogens with one attached hydrogen (secondary N) is 1. The molecular weight excluding hydrogens is 410 g/mol. The normalized spacial score (nSPS) is 18.2. The minimum Gasteiger partial charge on any atom is -0.481 e.